The van der Waals surface area contributed by atoms with E-state index >= 15 is 0 Å². The molecule has 0 aromatic rings. The van der Waals surface area contributed by atoms with Gasteiger partial charge in [0.05, 0.1) is 0 Å². The summed E-state index contributed by atoms with van der Waals surface area (Å²) in [4.78, 5) is 0. The van der Waals surface area contributed by atoms with Crippen molar-refractivity contribution in [3.63, 3.8) is 0 Å². The van der Waals surface area contributed by atoms with Gasteiger partial charge in [-0.05, 0) is 12.8 Å². The van der Waals surface area contributed by atoms with Crippen LogP contribution >= 0.6 is 0 Å². The molecule has 0 atom stereocenters. The summed E-state index contributed by atoms with van der Waals surface area (Å²) in [6.07, 6.45) is 7.68. The number of allylic oxidation sites excluding steroid dienone is 2. The van der Waals surface area contributed by atoms with Crippen molar-refractivity contribution < 1.29 is 4.58 Å². The van der Waals surface area contributed by atoms with Crippen molar-refractivity contribution in [2.24, 2.45) is 0 Å². The summed E-state index contributed by atoms with van der Waals surface area (Å²) in [5.41, 5.74) is 3.25. The summed E-state index contributed by atoms with van der Waals surface area (Å²) < 4.78 is 2.42. The van der Waals surface area contributed by atoms with Crippen molar-refractivity contribution in [2.75, 3.05) is 13.6 Å². The lowest BCUT2D eigenvalue weighted by Gasteiger charge is -2.10. The molecule has 0 spiro atoms. The Balaban J connectivity index is 2.38. The van der Waals surface area contributed by atoms with Crippen LogP contribution in [0.3, 0.4) is 0 Å². The Morgan fingerprint density at radius 2 is 2.30 bits per heavy atom. The Kier molecular flexibility index (Phi) is 1.37. The van der Waals surface area contributed by atoms with E-state index in [4.69, 9.17) is 0 Å². The van der Waals surface area contributed by atoms with Crippen molar-refractivity contribution in [3.05, 3.63) is 11.6 Å². The molecular formula is C9H14N+. The molecule has 0 saturated carbocycles. The minimum Gasteiger partial charge on any atom is -0.236 e. The van der Waals surface area contributed by atoms with Gasteiger partial charge in [0.1, 0.15) is 13.6 Å². The second kappa shape index (κ2) is 2.22. The molecule has 1 nitrogen and oxygen atoms in total. The van der Waals surface area contributed by atoms with E-state index in [0.717, 1.165) is 0 Å². The van der Waals surface area contributed by atoms with Crippen molar-refractivity contribution in [3.8, 4) is 0 Å². The number of hydrogen-bond acceptors (Lipinski definition) is 0. The Bertz CT molecular complexity index is 203. The topological polar surface area (TPSA) is 3.01 Å². The summed E-state index contributed by atoms with van der Waals surface area (Å²) in [7, 11) is 2.22. The van der Waals surface area contributed by atoms with Crippen molar-refractivity contribution >= 4 is 5.71 Å². The molecule has 1 aliphatic carbocycles. The largest absolute Gasteiger partial charge is 0.236 e. The molecule has 0 bridgehead atoms. The van der Waals surface area contributed by atoms with Crippen LogP contribution in [0.2, 0.25) is 0 Å². The van der Waals surface area contributed by atoms with Crippen LogP contribution in [-0.4, -0.2) is 23.9 Å². The van der Waals surface area contributed by atoms with Gasteiger partial charge in [-0.25, -0.2) is 4.58 Å². The van der Waals surface area contributed by atoms with E-state index in [1.807, 2.05) is 0 Å². The van der Waals surface area contributed by atoms with Crippen LogP contribution < -0.4 is 0 Å². The smallest absolute Gasteiger partial charge is 0.178 e. The van der Waals surface area contributed by atoms with Gasteiger partial charge in [-0.15, -0.1) is 0 Å². The molecular weight excluding hydrogens is 122 g/mol. The molecule has 0 saturated heterocycles. The molecule has 10 heavy (non-hydrogen) atoms. The first kappa shape index (κ1) is 6.14. The zero-order valence-corrected chi connectivity index (χ0v) is 6.56. The fourth-order valence-electron chi connectivity index (χ4n) is 1.99. The second-order valence-electron chi connectivity index (χ2n) is 3.24. The van der Waals surface area contributed by atoms with Crippen LogP contribution in [0.4, 0.5) is 0 Å². The summed E-state index contributed by atoms with van der Waals surface area (Å²) in [5.74, 6) is 0. The SMILES string of the molecule is C[N+]1=C2CCC=C2CCC1. The van der Waals surface area contributed by atoms with Gasteiger partial charge >= 0.3 is 0 Å². The van der Waals surface area contributed by atoms with E-state index in [1.165, 1.54) is 32.2 Å². The first-order valence-corrected chi connectivity index (χ1v) is 4.14. The van der Waals surface area contributed by atoms with E-state index < -0.39 is 0 Å². The maximum Gasteiger partial charge on any atom is 0.178 e. The lowest BCUT2D eigenvalue weighted by atomic mass is 10.0. The predicted octanol–water partition coefficient (Wildman–Crippen LogP) is 1.58. The average molecular weight is 136 g/mol. The highest BCUT2D eigenvalue weighted by molar-refractivity contribution is 5.98. The van der Waals surface area contributed by atoms with Crippen molar-refractivity contribution in [1.29, 1.82) is 0 Å². The molecule has 0 aromatic heterocycles. The average Bonchev–Trinajstić information content (AvgIpc) is 2.36. The predicted molar refractivity (Wildman–Crippen MR) is 42.6 cm³/mol. The maximum absolute atomic E-state index is 2.42. The monoisotopic (exact) mass is 136 g/mol. The zero-order chi connectivity index (χ0) is 6.97. The molecule has 54 valence electrons. The van der Waals surface area contributed by atoms with Crippen molar-refractivity contribution in [2.45, 2.75) is 25.7 Å². The number of rotatable bonds is 0. The van der Waals surface area contributed by atoms with Gasteiger partial charge in [0.25, 0.3) is 0 Å². The van der Waals surface area contributed by atoms with Crippen LogP contribution in [0.15, 0.2) is 11.6 Å². The maximum atomic E-state index is 2.42. The van der Waals surface area contributed by atoms with Crippen LogP contribution in [-0.2, 0) is 0 Å². The van der Waals surface area contributed by atoms with Gasteiger partial charge in [-0.1, -0.05) is 6.08 Å². The van der Waals surface area contributed by atoms with E-state index in [9.17, 15) is 0 Å². The van der Waals surface area contributed by atoms with E-state index in [1.54, 1.807) is 11.3 Å². The Morgan fingerprint density at radius 1 is 1.40 bits per heavy atom. The minimum atomic E-state index is 1.27. The molecule has 1 heteroatoms. The van der Waals surface area contributed by atoms with Gasteiger partial charge in [0, 0.05) is 18.4 Å². The molecule has 0 N–H and O–H groups in total. The minimum absolute atomic E-state index is 1.27. The van der Waals surface area contributed by atoms with Gasteiger partial charge in [-0.3, -0.25) is 0 Å². The third-order valence-corrected chi connectivity index (χ3v) is 2.54. The fraction of sp³-hybridized carbons (Fsp3) is 0.667. The first-order valence-electron chi connectivity index (χ1n) is 4.14. The highest BCUT2D eigenvalue weighted by Gasteiger charge is 2.24. The number of nitrogens with zero attached hydrogens (tertiary/aromatic N) is 1. The van der Waals surface area contributed by atoms with Crippen LogP contribution in [0.25, 0.3) is 0 Å². The quantitative estimate of drug-likeness (QED) is 0.445. The molecule has 0 unspecified atom stereocenters. The summed E-state index contributed by atoms with van der Waals surface area (Å²) in [6, 6.07) is 0. The number of hydrogen-bond donors (Lipinski definition) is 0. The van der Waals surface area contributed by atoms with E-state index in [2.05, 4.69) is 17.7 Å². The molecule has 1 aliphatic heterocycles. The van der Waals surface area contributed by atoms with Crippen LogP contribution in [0.1, 0.15) is 25.7 Å². The molecule has 0 aromatic carbocycles. The van der Waals surface area contributed by atoms with Gasteiger partial charge < -0.3 is 0 Å². The highest BCUT2D eigenvalue weighted by atomic mass is 15.0. The van der Waals surface area contributed by atoms with E-state index in [0.29, 0.717) is 0 Å². The molecule has 0 amide bonds. The second-order valence-corrected chi connectivity index (χ2v) is 3.24. The third kappa shape index (κ3) is 0.808. The van der Waals surface area contributed by atoms with Crippen molar-refractivity contribution in [1.82, 2.24) is 0 Å². The fourth-order valence-corrected chi connectivity index (χ4v) is 1.99. The lowest BCUT2D eigenvalue weighted by Crippen LogP contribution is -2.23. The Hall–Kier alpha value is -0.590. The molecule has 2 rings (SSSR count). The molecule has 1 heterocycles. The summed E-state index contributed by atoms with van der Waals surface area (Å²) in [6.45, 7) is 1.27. The number of fused-ring (bicyclic) bond motifs is 1. The van der Waals surface area contributed by atoms with Gasteiger partial charge in [-0.2, -0.15) is 0 Å². The zero-order valence-electron chi connectivity index (χ0n) is 6.56. The van der Waals surface area contributed by atoms with Gasteiger partial charge in [0.15, 0.2) is 5.71 Å². The standard InChI is InChI=1S/C9H14N/c1-10-7-3-5-8-4-2-6-9(8)10/h4H,2-3,5-7H2,1H3/q+1. The Morgan fingerprint density at radius 3 is 3.10 bits per heavy atom. The molecule has 2 aliphatic rings. The molecule has 0 fully saturated rings. The summed E-state index contributed by atoms with van der Waals surface area (Å²) in [5, 5.41) is 0. The molecule has 0 radical (unpaired) electrons. The van der Waals surface area contributed by atoms with Gasteiger partial charge in [0.2, 0.25) is 0 Å². The first-order chi connectivity index (χ1) is 4.88. The third-order valence-electron chi connectivity index (χ3n) is 2.54. The van der Waals surface area contributed by atoms with Crippen LogP contribution in [0.5, 0.6) is 0 Å². The highest BCUT2D eigenvalue weighted by Crippen LogP contribution is 2.22. The lowest BCUT2D eigenvalue weighted by molar-refractivity contribution is -0.501. The van der Waals surface area contributed by atoms with Crippen LogP contribution in [0, 0.1) is 0 Å². The Labute approximate surface area is 62.1 Å². The normalized spacial score (nSPS) is 24.7. The van der Waals surface area contributed by atoms with E-state index in [-0.39, 0.29) is 0 Å². The summed E-state index contributed by atoms with van der Waals surface area (Å²) >= 11 is 0.